The van der Waals surface area contributed by atoms with Crippen LogP contribution in [0.2, 0.25) is 0 Å². The number of hydrogen-bond acceptors (Lipinski definition) is 26. The Balaban J connectivity index is 0.0000120. The quantitative estimate of drug-likeness (QED) is 0.00848. The molecule has 0 bridgehead atoms. The van der Waals surface area contributed by atoms with Gasteiger partial charge in [0.25, 0.3) is 60.7 Å². The van der Waals surface area contributed by atoms with Crippen molar-refractivity contribution in [2.24, 2.45) is 46.0 Å². The first-order chi connectivity index (χ1) is 42.4. The van der Waals surface area contributed by atoms with Crippen molar-refractivity contribution in [3.05, 3.63) is 173 Å². The second-order valence-corrected chi connectivity index (χ2v) is 26.6. The summed E-state index contributed by atoms with van der Waals surface area (Å²) in [6, 6.07) is 24.1. The van der Waals surface area contributed by atoms with Crippen molar-refractivity contribution in [1.29, 1.82) is 0 Å². The largest absolute Gasteiger partial charge is 1.00 e. The summed E-state index contributed by atoms with van der Waals surface area (Å²) in [4.78, 5) is -4.81. The maximum atomic E-state index is 13.4. The summed E-state index contributed by atoms with van der Waals surface area (Å²) in [6.07, 6.45) is 4.00. The molecule has 99 heavy (non-hydrogen) atoms. The third-order valence-electron chi connectivity index (χ3n) is 11.9. The number of rotatable bonds is 20. The molecule has 10 N–H and O–H groups in total. The predicted octanol–water partition coefficient (Wildman–Crippen LogP) is -6.06. The van der Waals surface area contributed by atoms with Gasteiger partial charge in [-0.2, -0.15) is 71.0 Å². The van der Waals surface area contributed by atoms with E-state index in [1.54, 1.807) is 0 Å². The summed E-state index contributed by atoms with van der Waals surface area (Å²) in [6.45, 7) is 0. The van der Waals surface area contributed by atoms with Gasteiger partial charge in [-0.1, -0.05) is 47.4 Å². The molecule has 492 valence electrons. The van der Waals surface area contributed by atoms with E-state index in [1.165, 1.54) is 36.4 Å². The number of aromatic hydroxyl groups is 4. The minimum absolute atomic E-state index is 0. The first kappa shape index (κ1) is 95.7. The monoisotopic (exact) mass is 1630 g/mol. The number of phenols is 4. The van der Waals surface area contributed by atoms with Crippen LogP contribution in [0.4, 0.5) is 56.9 Å². The van der Waals surface area contributed by atoms with Gasteiger partial charge in [0.15, 0.2) is 0 Å². The molecule has 8 rings (SSSR count). The summed E-state index contributed by atoms with van der Waals surface area (Å²) < 4.78 is 206. The number of nitrogens with zero attached hydrogens (tertiary/aromatic N) is 10. The first-order valence-electron chi connectivity index (χ1n) is 24.4. The van der Waals surface area contributed by atoms with Crippen LogP contribution >= 0.6 is 0 Å². The van der Waals surface area contributed by atoms with E-state index in [-0.39, 0.29) is 284 Å². The number of benzene rings is 8. The fourth-order valence-electron chi connectivity index (χ4n) is 7.62. The molecule has 0 amide bonds. The molecule has 33 nitrogen and oxygen atoms in total. The van der Waals surface area contributed by atoms with E-state index in [0.29, 0.717) is 12.1 Å². The summed E-state index contributed by atoms with van der Waals surface area (Å²) >= 11 is 0. The molecule has 8 aromatic rings. The van der Waals surface area contributed by atoms with Gasteiger partial charge in [0.1, 0.15) is 71.0 Å². The van der Waals surface area contributed by atoms with Crippen LogP contribution in [0, 0.1) is 5.21 Å². The van der Waals surface area contributed by atoms with Gasteiger partial charge in [0.2, 0.25) is 5.69 Å². The zero-order valence-corrected chi connectivity index (χ0v) is 70.3. The Labute approximate surface area is 717 Å². The molecule has 0 fully saturated rings. The van der Waals surface area contributed by atoms with Crippen LogP contribution in [-0.4, -0.2) is 103 Å². The number of phenolic OH excluding ortho intramolecular Hbond substituents is 4. The molecule has 0 aliphatic rings. The van der Waals surface area contributed by atoms with E-state index in [2.05, 4.69) is 46.0 Å². The fraction of sp³-hybridized carbons (Fsp3) is 0. The summed E-state index contributed by atoms with van der Waals surface area (Å²) in [7, 11) is -29.9. The Kier molecular flexibility index (Phi) is 38.4. The van der Waals surface area contributed by atoms with Crippen LogP contribution in [-0.2, 0) is 94.8 Å². The molecule has 8 aromatic carbocycles. The van der Waals surface area contributed by atoms with Gasteiger partial charge in [0, 0.05) is 63.5 Å². The Morgan fingerprint density at radius 3 is 0.879 bits per heavy atom. The van der Waals surface area contributed by atoms with E-state index >= 15 is 0 Å². The molecule has 0 aliphatic carbocycles. The zero-order chi connectivity index (χ0) is 66.6. The topological polar surface area (TPSA) is 544 Å². The zero-order valence-electron chi connectivity index (χ0n) is 51.5. The van der Waals surface area contributed by atoms with Gasteiger partial charge in [-0.05, 0) is 125 Å². The van der Waals surface area contributed by atoms with Crippen LogP contribution in [0.5, 0.6) is 23.0 Å². The van der Waals surface area contributed by atoms with Gasteiger partial charge in [-0.3, -0.25) is 27.3 Å². The van der Waals surface area contributed by atoms with Crippen LogP contribution in [0.3, 0.4) is 0 Å². The second-order valence-electron chi connectivity index (χ2n) is 18.2. The SMILES string of the molecule is O=S(=O)(O)c1ccc(O)c(N=Nc2ccc(N=Nc3ccc(/C=C/c4ccc(N=[N+]([O-])c5ccc(/C=C/c6ccc(N=Nc7ccc(N=Nc8cc(S(=O)(=O)O)ccc8O)c(O)c7)cc6S(=O)(=O)O)c(S(=O)(=O)O)c5)cc4S(=O)(=O)O)c(S(=O)(=O)O)c3)cc2O)c1.[Cu].[Cu].[Na+].[Na+].[Na+].[Na+].[Na+].[Na+]. The molecular formula is C52H38Cu2N10Na6O23S6+6. The molecule has 0 saturated heterocycles. The van der Waals surface area contributed by atoms with E-state index < -0.39 is 124 Å². The van der Waals surface area contributed by atoms with Gasteiger partial charge in [-0.25, -0.2) is 0 Å². The average molecular weight is 1630 g/mol. The molecule has 0 atom stereocenters. The maximum absolute atomic E-state index is 13.4. The second kappa shape index (κ2) is 39.7. The van der Waals surface area contributed by atoms with Crippen LogP contribution in [0.25, 0.3) is 24.3 Å². The molecule has 0 saturated carbocycles. The van der Waals surface area contributed by atoms with Gasteiger partial charge in [-0.15, -0.1) is 20.5 Å². The third kappa shape index (κ3) is 26.7. The standard InChI is InChI=1S/C52H38N10O23S6.2Cu.6Na/c63-45-19-15-39(86(68,69)70)27-43(45)59-57-41-17-12-33(21-47(41)65)53-55-35-9-5-29(49(23-35)88(74,75)76)1-2-31-7-11-37(25-51(31)90(80,81)82)61-62(67)38-14-8-32(52(26-38)91(83,84)85)4-3-30-6-10-36(24-50(30)89(77,78)79)56-54-34-13-18-42(48(66)22-34)58-60-44-28-40(87(71,72)73)16-20-46(44)64;;;;;;;;/h1-28,63-66H,(H,68,69,70)(H,71,72,73)(H,74,75,76)(H,77,78,79)(H,80,81,82)(H,83,84,85);;;;;;;;/q;;;6*+1/b2-1+,4-3+,55-53?,56-54?,59-57?,60-58?,62-61?;;;;;;;;. The van der Waals surface area contributed by atoms with Crippen molar-refractivity contribution in [1.82, 2.24) is 0 Å². The van der Waals surface area contributed by atoms with Crippen LogP contribution in [0.15, 0.2) is 221 Å². The minimum atomic E-state index is -5.22. The van der Waals surface area contributed by atoms with Crippen molar-refractivity contribution in [3.63, 3.8) is 0 Å². The summed E-state index contributed by atoms with van der Waals surface area (Å²) in [5.41, 5.74) is -3.93. The average Bonchev–Trinajstić information content (AvgIpc) is 0.809. The van der Waals surface area contributed by atoms with Crippen LogP contribution < -0.4 is 177 Å². The Hall–Kier alpha value is -3.26. The normalized spacial score (nSPS) is 12.2. The van der Waals surface area contributed by atoms with E-state index in [9.17, 15) is 103 Å². The van der Waals surface area contributed by atoms with Crippen molar-refractivity contribution in [2.75, 3.05) is 0 Å². The number of hydrogen-bond donors (Lipinski definition) is 10. The summed E-state index contributed by atoms with van der Waals surface area (Å²) in [5.74, 6) is -2.11. The molecule has 0 unspecified atom stereocenters. The van der Waals surface area contributed by atoms with Gasteiger partial charge < -0.3 is 25.6 Å². The van der Waals surface area contributed by atoms with Crippen LogP contribution in [0.1, 0.15) is 22.3 Å². The Morgan fingerprint density at radius 1 is 0.293 bits per heavy atom. The molecule has 2 radical (unpaired) electrons. The smallest absolute Gasteiger partial charge is 0.594 e. The molecule has 47 heteroatoms. The first-order valence-corrected chi connectivity index (χ1v) is 33.0. The predicted molar refractivity (Wildman–Crippen MR) is 317 cm³/mol. The molecule has 0 aliphatic heterocycles. The molecular weight excluding hydrogens is 1590 g/mol. The van der Waals surface area contributed by atoms with Gasteiger partial charge >= 0.3 is 177 Å². The van der Waals surface area contributed by atoms with Crippen molar-refractivity contribution < 1.29 is 315 Å². The molecule has 0 heterocycles. The summed E-state index contributed by atoms with van der Waals surface area (Å²) in [5, 5.41) is 88.5. The third-order valence-corrected chi connectivity index (χ3v) is 17.2. The Bertz CT molecular complexity index is 5300. The van der Waals surface area contributed by atoms with E-state index in [0.717, 1.165) is 121 Å². The van der Waals surface area contributed by atoms with Gasteiger partial charge in [0.05, 0.1) is 32.5 Å². The number of azo groups is 5. The maximum Gasteiger partial charge on any atom is 1.00 e. The fourth-order valence-corrected chi connectivity index (χ4v) is 11.4. The minimum Gasteiger partial charge on any atom is -0.594 e. The van der Waals surface area contributed by atoms with E-state index in [1.807, 2.05) is 0 Å². The van der Waals surface area contributed by atoms with Crippen molar-refractivity contribution in [2.45, 2.75) is 29.4 Å². The Morgan fingerprint density at radius 2 is 0.566 bits per heavy atom. The van der Waals surface area contributed by atoms with Crippen molar-refractivity contribution >= 4 is 142 Å². The van der Waals surface area contributed by atoms with Crippen molar-refractivity contribution in [3.8, 4) is 23.0 Å². The van der Waals surface area contributed by atoms with E-state index in [4.69, 9.17) is 0 Å². The molecule has 0 spiro atoms. The molecule has 0 aromatic heterocycles.